The van der Waals surface area contributed by atoms with E-state index in [1.807, 2.05) is 6.07 Å². The maximum Gasteiger partial charge on any atom is 0.311 e. The Labute approximate surface area is 206 Å². The molecule has 3 aromatic rings. The third-order valence-corrected chi connectivity index (χ3v) is 5.09. The highest BCUT2D eigenvalue weighted by Crippen LogP contribution is 2.30. The number of hydrogen-bond acceptors (Lipinski definition) is 7. The van der Waals surface area contributed by atoms with Gasteiger partial charge in [-0.3, -0.25) is 14.9 Å². The summed E-state index contributed by atoms with van der Waals surface area (Å²) in [6.07, 6.45) is 1.40. The number of carbonyl (C=O) groups excluding carboxylic acids is 1. The molecular formula is C26H22FN3O6. The third-order valence-electron chi connectivity index (χ3n) is 5.09. The predicted molar refractivity (Wildman–Crippen MR) is 129 cm³/mol. The van der Waals surface area contributed by atoms with Crippen LogP contribution in [0, 0.1) is 27.3 Å². The third kappa shape index (κ3) is 6.57. The van der Waals surface area contributed by atoms with Gasteiger partial charge in [-0.05, 0) is 47.5 Å². The first kappa shape index (κ1) is 25.7. The first-order chi connectivity index (χ1) is 17.3. The summed E-state index contributed by atoms with van der Waals surface area (Å²) in [4.78, 5) is 23.1. The van der Waals surface area contributed by atoms with E-state index in [2.05, 4.69) is 5.32 Å². The molecule has 0 spiro atoms. The zero-order valence-corrected chi connectivity index (χ0v) is 19.5. The molecule has 0 aliphatic heterocycles. The lowest BCUT2D eigenvalue weighted by molar-refractivity contribution is -0.386. The van der Waals surface area contributed by atoms with Gasteiger partial charge in [-0.2, -0.15) is 5.26 Å². The summed E-state index contributed by atoms with van der Waals surface area (Å²) in [7, 11) is 3.00. The summed E-state index contributed by atoms with van der Waals surface area (Å²) in [5, 5.41) is 23.4. The molecule has 9 nitrogen and oxygen atoms in total. The number of nitrogens with one attached hydrogen (secondary N) is 1. The molecule has 0 aliphatic rings. The van der Waals surface area contributed by atoms with E-state index in [1.54, 1.807) is 49.6 Å². The average Bonchev–Trinajstić information content (AvgIpc) is 2.89. The first-order valence-electron chi connectivity index (χ1n) is 10.6. The van der Waals surface area contributed by atoms with Crippen LogP contribution < -0.4 is 19.5 Å². The van der Waals surface area contributed by atoms with Gasteiger partial charge in [-0.15, -0.1) is 0 Å². The van der Waals surface area contributed by atoms with E-state index in [1.165, 1.54) is 13.2 Å². The van der Waals surface area contributed by atoms with Crippen molar-refractivity contribution in [3.8, 4) is 23.3 Å². The minimum Gasteiger partial charge on any atom is -0.497 e. The van der Waals surface area contributed by atoms with E-state index in [0.717, 1.165) is 23.8 Å². The van der Waals surface area contributed by atoms with Gasteiger partial charge < -0.3 is 19.5 Å². The number of carbonyl (C=O) groups is 1. The predicted octanol–water partition coefficient (Wildman–Crippen LogP) is 4.55. The number of halogens is 1. The number of amides is 1. The van der Waals surface area contributed by atoms with Gasteiger partial charge in [0.2, 0.25) is 0 Å². The van der Waals surface area contributed by atoms with E-state index in [-0.39, 0.29) is 30.2 Å². The Kier molecular flexibility index (Phi) is 8.56. The van der Waals surface area contributed by atoms with E-state index in [9.17, 15) is 24.6 Å². The molecule has 0 unspecified atom stereocenters. The molecule has 0 atom stereocenters. The van der Waals surface area contributed by atoms with Gasteiger partial charge in [0.15, 0.2) is 5.75 Å². The molecule has 0 aromatic heterocycles. The first-order valence-corrected chi connectivity index (χ1v) is 10.6. The molecule has 184 valence electrons. The molecule has 0 radical (unpaired) electrons. The second-order valence-electron chi connectivity index (χ2n) is 7.43. The molecule has 1 N–H and O–H groups in total. The number of nitro benzene ring substituents is 1. The number of methoxy groups -OCH3 is 2. The second-order valence-corrected chi connectivity index (χ2v) is 7.43. The molecular weight excluding hydrogens is 469 g/mol. The summed E-state index contributed by atoms with van der Waals surface area (Å²) in [6, 6.07) is 16.8. The topological polar surface area (TPSA) is 124 Å². The number of nitriles is 1. The smallest absolute Gasteiger partial charge is 0.311 e. The summed E-state index contributed by atoms with van der Waals surface area (Å²) in [5.41, 5.74) is 1.30. The van der Waals surface area contributed by atoms with Gasteiger partial charge in [-0.25, -0.2) is 4.39 Å². The van der Waals surface area contributed by atoms with Crippen molar-refractivity contribution in [3.05, 3.63) is 98.9 Å². The van der Waals surface area contributed by atoms with Crippen molar-refractivity contribution in [2.24, 2.45) is 0 Å². The quantitative estimate of drug-likeness (QED) is 0.191. The molecule has 3 aromatic carbocycles. The minimum atomic E-state index is -0.682. The molecule has 0 heterocycles. The van der Waals surface area contributed by atoms with Crippen molar-refractivity contribution in [3.63, 3.8) is 0 Å². The van der Waals surface area contributed by atoms with Crippen LogP contribution in [0.2, 0.25) is 0 Å². The van der Waals surface area contributed by atoms with Crippen LogP contribution in [0.1, 0.15) is 16.7 Å². The molecule has 1 amide bonds. The summed E-state index contributed by atoms with van der Waals surface area (Å²) < 4.78 is 29.5. The SMILES string of the molecule is COc1ccc(CNC(=O)/C(C#N)=C/c2ccc(OC)c(COc3cc(F)ccc3[N+](=O)[O-])c2)cc1. The van der Waals surface area contributed by atoms with Crippen LogP contribution in [0.4, 0.5) is 10.1 Å². The van der Waals surface area contributed by atoms with Crippen LogP contribution in [0.3, 0.4) is 0 Å². The molecule has 0 fully saturated rings. The van der Waals surface area contributed by atoms with Crippen LogP contribution in [-0.4, -0.2) is 25.1 Å². The number of ether oxygens (including phenoxy) is 3. The van der Waals surface area contributed by atoms with Crippen molar-refractivity contribution in [2.45, 2.75) is 13.2 Å². The number of nitrogens with zero attached hydrogens (tertiary/aromatic N) is 2. The molecule has 0 saturated heterocycles. The maximum absolute atomic E-state index is 13.6. The lowest BCUT2D eigenvalue weighted by Crippen LogP contribution is -2.23. The second kappa shape index (κ2) is 12.0. The van der Waals surface area contributed by atoms with Crippen molar-refractivity contribution >= 4 is 17.7 Å². The Morgan fingerprint density at radius 3 is 2.47 bits per heavy atom. The Balaban J connectivity index is 1.76. The average molecular weight is 491 g/mol. The van der Waals surface area contributed by atoms with E-state index in [0.29, 0.717) is 22.6 Å². The van der Waals surface area contributed by atoms with E-state index < -0.39 is 16.6 Å². The molecule has 3 rings (SSSR count). The molecule has 10 heteroatoms. The van der Waals surface area contributed by atoms with Crippen LogP contribution in [0.15, 0.2) is 66.2 Å². The Bertz CT molecular complexity index is 1330. The molecule has 0 aliphatic carbocycles. The Morgan fingerprint density at radius 1 is 1.08 bits per heavy atom. The van der Waals surface area contributed by atoms with Gasteiger partial charge >= 0.3 is 5.69 Å². The van der Waals surface area contributed by atoms with Gasteiger partial charge in [0.1, 0.15) is 35.6 Å². The van der Waals surface area contributed by atoms with Gasteiger partial charge in [0.25, 0.3) is 5.91 Å². The highest BCUT2D eigenvalue weighted by Gasteiger charge is 2.17. The molecule has 0 bridgehead atoms. The zero-order valence-electron chi connectivity index (χ0n) is 19.5. The van der Waals surface area contributed by atoms with Crippen molar-refractivity contribution in [1.29, 1.82) is 5.26 Å². The van der Waals surface area contributed by atoms with Gasteiger partial charge in [-0.1, -0.05) is 18.2 Å². The fourth-order valence-electron chi connectivity index (χ4n) is 3.25. The summed E-state index contributed by atoms with van der Waals surface area (Å²) in [6.45, 7) is 0.0384. The zero-order chi connectivity index (χ0) is 26.1. The van der Waals surface area contributed by atoms with Crippen LogP contribution in [0.25, 0.3) is 6.08 Å². The van der Waals surface area contributed by atoms with Crippen molar-refractivity contribution in [1.82, 2.24) is 5.32 Å². The monoisotopic (exact) mass is 491 g/mol. The van der Waals surface area contributed by atoms with Crippen molar-refractivity contribution < 1.29 is 28.3 Å². The number of benzene rings is 3. The van der Waals surface area contributed by atoms with Gasteiger partial charge in [0.05, 0.1) is 19.1 Å². The Morgan fingerprint density at radius 2 is 1.83 bits per heavy atom. The maximum atomic E-state index is 13.6. The van der Waals surface area contributed by atoms with Crippen LogP contribution >= 0.6 is 0 Å². The van der Waals surface area contributed by atoms with Crippen LogP contribution in [0.5, 0.6) is 17.2 Å². The highest BCUT2D eigenvalue weighted by molar-refractivity contribution is 6.01. The van der Waals surface area contributed by atoms with Gasteiger partial charge in [0, 0.05) is 24.2 Å². The van der Waals surface area contributed by atoms with E-state index in [4.69, 9.17) is 14.2 Å². The fourth-order valence-corrected chi connectivity index (χ4v) is 3.25. The number of hydrogen-bond donors (Lipinski definition) is 1. The lowest BCUT2D eigenvalue weighted by atomic mass is 10.1. The fraction of sp³-hybridized carbons (Fsp3) is 0.154. The molecule has 36 heavy (non-hydrogen) atoms. The summed E-state index contributed by atoms with van der Waals surface area (Å²) in [5.74, 6) is -0.378. The van der Waals surface area contributed by atoms with Crippen LogP contribution in [-0.2, 0) is 17.9 Å². The number of nitro groups is 1. The van der Waals surface area contributed by atoms with E-state index >= 15 is 0 Å². The largest absolute Gasteiger partial charge is 0.497 e. The molecule has 0 saturated carbocycles. The minimum absolute atomic E-state index is 0.124. The normalized spacial score (nSPS) is 10.8. The van der Waals surface area contributed by atoms with Crippen molar-refractivity contribution in [2.75, 3.05) is 14.2 Å². The number of rotatable bonds is 10. The standard InChI is InChI=1S/C26H22FN3O6/c1-34-22-7-3-17(4-8-22)15-29-26(31)19(14-28)11-18-5-10-24(35-2)20(12-18)16-36-25-13-21(27)6-9-23(25)30(32)33/h3-13H,15-16H2,1-2H3,(H,29,31)/b19-11+. The highest BCUT2D eigenvalue weighted by atomic mass is 19.1. The lowest BCUT2D eigenvalue weighted by Gasteiger charge is -2.12. The Hall–Kier alpha value is -4.91. The summed E-state index contributed by atoms with van der Waals surface area (Å²) >= 11 is 0.